The minimum absolute atomic E-state index is 0.0201. The van der Waals surface area contributed by atoms with Gasteiger partial charge in [0.2, 0.25) is 5.91 Å². The second-order valence-electron chi connectivity index (χ2n) is 18.0. The summed E-state index contributed by atoms with van der Waals surface area (Å²) in [6, 6.07) is 48.1. The van der Waals surface area contributed by atoms with Crippen LogP contribution in [0, 0.1) is 0 Å². The molecule has 8 aromatic rings. The van der Waals surface area contributed by atoms with Crippen LogP contribution >= 0.6 is 0 Å². The molecule has 0 spiro atoms. The molecular weight excluding hydrogens is 925 g/mol. The number of rotatable bonds is 19. The zero-order valence-corrected chi connectivity index (χ0v) is 40.3. The van der Waals surface area contributed by atoms with E-state index in [0.29, 0.717) is 41.1 Å². The Bertz CT molecular complexity index is 3130. The van der Waals surface area contributed by atoms with Crippen LogP contribution in [0.2, 0.25) is 0 Å². The van der Waals surface area contributed by atoms with E-state index in [2.05, 4.69) is 25.6 Å². The molecule has 3 heterocycles. The summed E-state index contributed by atoms with van der Waals surface area (Å²) >= 11 is 0. The van der Waals surface area contributed by atoms with Crippen molar-refractivity contribution in [2.45, 2.75) is 62.2 Å². The highest BCUT2D eigenvalue weighted by Gasteiger charge is 2.42. The molecular formula is C58H54N6O9. The van der Waals surface area contributed by atoms with Crippen LogP contribution < -0.4 is 20.1 Å². The Morgan fingerprint density at radius 3 is 1.99 bits per heavy atom. The Balaban J connectivity index is 0.729. The number of hydrogen-bond acceptors (Lipinski definition) is 12. The number of carbonyl (C=O) groups excluding carboxylic acids is 3. The highest BCUT2D eigenvalue weighted by Crippen LogP contribution is 2.46. The van der Waals surface area contributed by atoms with E-state index in [4.69, 9.17) is 23.7 Å². The summed E-state index contributed by atoms with van der Waals surface area (Å²) in [6.45, 7) is 0.529. The predicted molar refractivity (Wildman–Crippen MR) is 273 cm³/mol. The number of fused-ring (bicyclic) bond motifs is 4. The van der Waals surface area contributed by atoms with Crippen molar-refractivity contribution in [1.29, 1.82) is 0 Å². The van der Waals surface area contributed by atoms with Crippen molar-refractivity contribution in [3.05, 3.63) is 203 Å². The van der Waals surface area contributed by atoms with E-state index in [1.807, 2.05) is 127 Å². The quantitative estimate of drug-likeness (QED) is 0.0398. The number of hydrogen-bond donors (Lipinski definition) is 3. The summed E-state index contributed by atoms with van der Waals surface area (Å²) in [5.74, 6) is 0.336. The zero-order chi connectivity index (χ0) is 50.3. The molecule has 1 fully saturated rings. The van der Waals surface area contributed by atoms with Crippen molar-refractivity contribution >= 4 is 34.8 Å². The van der Waals surface area contributed by atoms with Gasteiger partial charge in [-0.25, -0.2) is 15.0 Å². The van der Waals surface area contributed by atoms with Gasteiger partial charge in [0.25, 0.3) is 5.91 Å². The topological polar surface area (TPSA) is 185 Å². The Hall–Kier alpha value is -8.24. The minimum atomic E-state index is -1.11. The smallest absolute Gasteiger partial charge is 0.317 e. The molecule has 1 saturated heterocycles. The zero-order valence-electron chi connectivity index (χ0n) is 40.3. The summed E-state index contributed by atoms with van der Waals surface area (Å²) in [7, 11) is 3.25. The van der Waals surface area contributed by atoms with E-state index in [9.17, 15) is 19.5 Å². The molecule has 1 aliphatic carbocycles. The van der Waals surface area contributed by atoms with Crippen molar-refractivity contribution in [1.82, 2.24) is 24.8 Å². The van der Waals surface area contributed by atoms with Crippen molar-refractivity contribution in [2.24, 2.45) is 0 Å². The van der Waals surface area contributed by atoms with E-state index in [-0.39, 0.29) is 50.3 Å². The number of ether oxygens (including phenoxy) is 5. The van der Waals surface area contributed by atoms with E-state index >= 15 is 0 Å². The van der Waals surface area contributed by atoms with Gasteiger partial charge in [-0.2, -0.15) is 0 Å². The van der Waals surface area contributed by atoms with Crippen LogP contribution in [0.1, 0.15) is 81.6 Å². The Kier molecular flexibility index (Phi) is 14.3. The first-order valence-electron chi connectivity index (χ1n) is 24.3. The molecule has 3 atom stereocenters. The van der Waals surface area contributed by atoms with E-state index < -0.39 is 35.9 Å². The average molecular weight is 979 g/mol. The molecule has 2 amide bonds. The Labute approximate surface area is 422 Å². The minimum Gasteiger partial charge on any atom is -0.497 e. The molecule has 15 heteroatoms. The molecule has 2 aromatic heterocycles. The number of nitrogens with zero attached hydrogens (tertiary/aromatic N) is 4. The molecule has 1 unspecified atom stereocenters. The molecule has 3 N–H and O–H groups in total. The van der Waals surface area contributed by atoms with Crippen LogP contribution in [0.3, 0.4) is 0 Å². The van der Waals surface area contributed by atoms with Crippen molar-refractivity contribution in [2.75, 3.05) is 32.8 Å². The molecule has 6 aromatic carbocycles. The number of methoxy groups -OCH3 is 2. The van der Waals surface area contributed by atoms with Crippen molar-refractivity contribution in [3.63, 3.8) is 0 Å². The highest BCUT2D eigenvalue weighted by molar-refractivity contribution is 6.06. The number of unbranched alkanes of at least 4 members (excludes halogenated alkanes) is 1. The standard InChI is InChI=1S/C58H54N6O9/c1-69-42-27-23-40(24-28-42)58(39-12-4-3-5-13-39,41-25-29-43(70-2)30-26-41)72-34-49-48(65)32-51(73-49)64-36-62-53-54(60-35-61-55(53)64)63-56(67)38-21-19-37(20-22-38)33-59-50(66)18-10-11-31-71-57(68)52-46-16-8-6-14-44(46)45-15-7-9-17-47(45)52/h3-9,12-17,19-30,35-36,48-49,51-52,65H,10-11,18,31-34H2,1-2H3,(H,59,66)(H,60,61,63,67)/t48?,49-,51-/m1/s1. The number of aliphatic hydroxyl groups is 1. The Morgan fingerprint density at radius 1 is 0.726 bits per heavy atom. The molecule has 10 rings (SSSR count). The molecule has 0 radical (unpaired) electrons. The van der Waals surface area contributed by atoms with Crippen LogP contribution in [0.5, 0.6) is 11.5 Å². The highest BCUT2D eigenvalue weighted by atomic mass is 16.6. The maximum absolute atomic E-state index is 13.5. The lowest BCUT2D eigenvalue weighted by Gasteiger charge is -2.37. The molecule has 0 saturated carbocycles. The maximum atomic E-state index is 13.5. The summed E-state index contributed by atoms with van der Waals surface area (Å²) in [6.07, 6.45) is 2.24. The van der Waals surface area contributed by atoms with Gasteiger partial charge in [0, 0.05) is 24.9 Å². The van der Waals surface area contributed by atoms with Crippen LogP contribution in [-0.2, 0) is 35.9 Å². The van der Waals surface area contributed by atoms with Crippen LogP contribution in [0.25, 0.3) is 22.3 Å². The van der Waals surface area contributed by atoms with Gasteiger partial charge in [0.1, 0.15) is 41.7 Å². The monoisotopic (exact) mass is 978 g/mol. The molecule has 370 valence electrons. The second kappa shape index (κ2) is 21.6. The maximum Gasteiger partial charge on any atom is 0.317 e. The average Bonchev–Trinajstić information content (AvgIpc) is 4.14. The number of esters is 1. The fourth-order valence-corrected chi connectivity index (χ4v) is 9.77. The lowest BCUT2D eigenvalue weighted by Crippen LogP contribution is -2.38. The number of amides is 2. The number of nitrogens with one attached hydrogen (secondary N) is 2. The van der Waals surface area contributed by atoms with Gasteiger partial charge < -0.3 is 39.4 Å². The van der Waals surface area contributed by atoms with E-state index in [1.165, 1.54) is 6.33 Å². The van der Waals surface area contributed by atoms with Crippen molar-refractivity contribution < 1.29 is 43.2 Å². The number of benzene rings is 6. The van der Waals surface area contributed by atoms with Gasteiger partial charge in [0.05, 0.1) is 39.9 Å². The second-order valence-corrected chi connectivity index (χ2v) is 18.0. The Morgan fingerprint density at radius 2 is 1.34 bits per heavy atom. The van der Waals surface area contributed by atoms with Gasteiger partial charge in [0.15, 0.2) is 17.0 Å². The number of imidazole rings is 1. The summed E-state index contributed by atoms with van der Waals surface area (Å²) in [5.41, 5.74) is 7.42. The summed E-state index contributed by atoms with van der Waals surface area (Å²) in [5, 5.41) is 17.3. The van der Waals surface area contributed by atoms with Gasteiger partial charge in [-0.05, 0) is 93.7 Å². The van der Waals surface area contributed by atoms with Gasteiger partial charge in [-0.3, -0.25) is 19.0 Å². The van der Waals surface area contributed by atoms with Crippen LogP contribution in [0.4, 0.5) is 5.82 Å². The van der Waals surface area contributed by atoms with E-state index in [1.54, 1.807) is 49.4 Å². The summed E-state index contributed by atoms with van der Waals surface area (Å²) < 4.78 is 32.0. The third-order valence-electron chi connectivity index (χ3n) is 13.6. The molecule has 73 heavy (non-hydrogen) atoms. The van der Waals surface area contributed by atoms with Crippen molar-refractivity contribution in [3.8, 4) is 22.6 Å². The van der Waals surface area contributed by atoms with Gasteiger partial charge in [-0.1, -0.05) is 115 Å². The number of aromatic nitrogens is 4. The molecule has 0 bridgehead atoms. The number of anilines is 1. The third kappa shape index (κ3) is 10.0. The largest absolute Gasteiger partial charge is 0.497 e. The number of carbonyl (C=O) groups is 3. The first-order chi connectivity index (χ1) is 35.7. The third-order valence-corrected chi connectivity index (χ3v) is 13.6. The molecule has 1 aliphatic heterocycles. The van der Waals surface area contributed by atoms with Crippen LogP contribution in [0.15, 0.2) is 164 Å². The SMILES string of the molecule is COc1ccc(C(OC[C@H]2O[C@@H](n3cnc4c(NC(=O)c5ccc(CNC(=O)CCCCOC(=O)C6c7ccccc7-c7ccccc76)cc5)ncnc43)CC2O)(c2ccccc2)c2ccc(OC)cc2)cc1. The van der Waals surface area contributed by atoms with Crippen LogP contribution in [-0.4, -0.2) is 82.1 Å². The fourth-order valence-electron chi connectivity index (χ4n) is 9.77. The van der Waals surface area contributed by atoms with E-state index in [0.717, 1.165) is 44.5 Å². The number of aliphatic hydroxyl groups excluding tert-OH is 1. The lowest BCUT2D eigenvalue weighted by molar-refractivity contribution is -0.144. The molecule has 15 nitrogen and oxygen atoms in total. The molecule has 2 aliphatic rings. The van der Waals surface area contributed by atoms with Gasteiger partial charge in [-0.15, -0.1) is 0 Å². The predicted octanol–water partition coefficient (Wildman–Crippen LogP) is 8.90. The van der Waals surface area contributed by atoms with Gasteiger partial charge >= 0.3 is 5.97 Å². The summed E-state index contributed by atoms with van der Waals surface area (Å²) in [4.78, 5) is 52.8. The first kappa shape index (κ1) is 48.4. The normalized spacial score (nSPS) is 16.1. The first-order valence-corrected chi connectivity index (χ1v) is 24.3. The lowest BCUT2D eigenvalue weighted by atomic mass is 9.80. The fraction of sp³-hybridized carbons (Fsp3) is 0.241.